The van der Waals surface area contributed by atoms with Crippen molar-refractivity contribution >= 4 is 15.9 Å². The van der Waals surface area contributed by atoms with Crippen molar-refractivity contribution in [3.8, 4) is 0 Å². The highest BCUT2D eigenvalue weighted by Crippen LogP contribution is 1.91. The summed E-state index contributed by atoms with van der Waals surface area (Å²) in [5, 5.41) is -0.282. The van der Waals surface area contributed by atoms with Gasteiger partial charge in [0, 0.05) is 12.2 Å². The largest absolute Gasteiger partial charge is 0.284 e. The van der Waals surface area contributed by atoms with E-state index in [1.165, 1.54) is 12.2 Å². The smallest absolute Gasteiger partial charge is 0.222 e. The zero-order chi connectivity index (χ0) is 7.98. The average molecular weight is 158 g/mol. The normalized spacial score (nSPS) is 12.0. The van der Waals surface area contributed by atoms with Gasteiger partial charge in [-0.3, -0.25) is 9.00 Å². The summed E-state index contributed by atoms with van der Waals surface area (Å²) in [6, 6.07) is 0. The summed E-state index contributed by atoms with van der Waals surface area (Å²) in [4.78, 5) is 10.7. The maximum absolute atomic E-state index is 10.8. The molecular weight excluding hydrogens is 148 g/mol. The first-order valence-corrected chi connectivity index (χ1v) is 4.17. The van der Waals surface area contributed by atoms with Crippen molar-refractivity contribution in [2.45, 2.75) is 6.42 Å². The molecule has 0 aromatic carbocycles. The van der Waals surface area contributed by atoms with Crippen LogP contribution in [-0.2, 0) is 15.6 Å². The molecule has 0 aliphatic carbocycles. The molecule has 0 fully saturated rings. The van der Waals surface area contributed by atoms with E-state index in [0.29, 0.717) is 0 Å². The highest BCUT2D eigenvalue weighted by Gasteiger charge is 2.05. The number of allylic oxidation sites excluding steroid dienone is 1. The molecule has 0 aliphatic rings. The first kappa shape index (κ1) is 9.30. The van der Waals surface area contributed by atoms with Gasteiger partial charge in [0.15, 0.2) is 0 Å². The molecule has 0 aromatic rings. The Morgan fingerprint density at radius 1 is 1.40 bits per heavy atom. The fraction of sp³-hybridized carbons (Fsp3) is 0.286. The van der Waals surface area contributed by atoms with Gasteiger partial charge >= 0.3 is 0 Å². The zero-order valence-electron chi connectivity index (χ0n) is 5.71. The average Bonchev–Trinajstić information content (AvgIpc) is 1.89. The van der Waals surface area contributed by atoms with Crippen LogP contribution in [0.1, 0.15) is 6.42 Å². The van der Waals surface area contributed by atoms with Crippen LogP contribution in [0.5, 0.6) is 0 Å². The molecule has 0 amide bonds. The highest BCUT2D eigenvalue weighted by atomic mass is 32.2. The second-order valence-electron chi connectivity index (χ2n) is 1.67. The standard InChI is InChI=1S/C7H10O2S/c1-3-5-7(8)10(9)6-4-2/h3-4H,1-2,5-6H2. The monoisotopic (exact) mass is 158 g/mol. The van der Waals surface area contributed by atoms with Gasteiger partial charge in [-0.25, -0.2) is 0 Å². The maximum Gasteiger partial charge on any atom is 0.222 e. The van der Waals surface area contributed by atoms with Gasteiger partial charge < -0.3 is 0 Å². The fourth-order valence-electron chi connectivity index (χ4n) is 0.411. The summed E-state index contributed by atoms with van der Waals surface area (Å²) in [7, 11) is -1.39. The molecule has 56 valence electrons. The Morgan fingerprint density at radius 3 is 2.40 bits per heavy atom. The lowest BCUT2D eigenvalue weighted by Crippen LogP contribution is -2.07. The van der Waals surface area contributed by atoms with E-state index in [1.54, 1.807) is 0 Å². The van der Waals surface area contributed by atoms with Crippen molar-refractivity contribution < 1.29 is 9.00 Å². The third-order valence-corrected chi connectivity index (χ3v) is 2.05. The lowest BCUT2D eigenvalue weighted by Gasteiger charge is -1.91. The van der Waals surface area contributed by atoms with Crippen LogP contribution in [0, 0.1) is 0 Å². The molecule has 0 saturated carbocycles. The van der Waals surface area contributed by atoms with Crippen LogP contribution >= 0.6 is 0 Å². The van der Waals surface area contributed by atoms with Crippen LogP contribution in [0.4, 0.5) is 0 Å². The van der Waals surface area contributed by atoms with E-state index in [2.05, 4.69) is 13.2 Å². The molecule has 0 rings (SSSR count). The van der Waals surface area contributed by atoms with Crippen molar-refractivity contribution in [2.24, 2.45) is 0 Å². The molecule has 1 atom stereocenters. The minimum atomic E-state index is -1.39. The second kappa shape index (κ2) is 5.11. The maximum atomic E-state index is 10.8. The van der Waals surface area contributed by atoms with Crippen LogP contribution in [-0.4, -0.2) is 15.1 Å². The Morgan fingerprint density at radius 2 is 2.00 bits per heavy atom. The molecule has 1 unspecified atom stereocenters. The molecule has 2 nitrogen and oxygen atoms in total. The van der Waals surface area contributed by atoms with Gasteiger partial charge in [0.2, 0.25) is 5.12 Å². The molecule has 0 saturated heterocycles. The third kappa shape index (κ3) is 3.35. The highest BCUT2D eigenvalue weighted by molar-refractivity contribution is 8.00. The SMILES string of the molecule is C=CCC(=O)S(=O)CC=C. The van der Waals surface area contributed by atoms with E-state index >= 15 is 0 Å². The second-order valence-corrected chi connectivity index (χ2v) is 3.15. The predicted molar refractivity (Wildman–Crippen MR) is 43.0 cm³/mol. The first-order valence-electron chi connectivity index (χ1n) is 2.85. The zero-order valence-corrected chi connectivity index (χ0v) is 6.52. The number of hydrogen-bond acceptors (Lipinski definition) is 2. The molecule has 10 heavy (non-hydrogen) atoms. The van der Waals surface area contributed by atoms with Crippen molar-refractivity contribution in [3.05, 3.63) is 25.3 Å². The fourth-order valence-corrected chi connectivity index (χ4v) is 1.11. The molecule has 0 N–H and O–H groups in total. The summed E-state index contributed by atoms with van der Waals surface area (Å²) in [5.41, 5.74) is 0. The summed E-state index contributed by atoms with van der Waals surface area (Å²) in [6.45, 7) is 6.73. The van der Waals surface area contributed by atoms with E-state index in [9.17, 15) is 9.00 Å². The van der Waals surface area contributed by atoms with E-state index in [1.807, 2.05) is 0 Å². The molecule has 3 heteroatoms. The third-order valence-electron chi connectivity index (χ3n) is 0.834. The lowest BCUT2D eigenvalue weighted by atomic mass is 10.5. The lowest BCUT2D eigenvalue weighted by molar-refractivity contribution is -0.110. The van der Waals surface area contributed by atoms with Gasteiger partial charge in [0.05, 0.1) is 10.8 Å². The Hall–Kier alpha value is -0.700. The van der Waals surface area contributed by atoms with E-state index in [4.69, 9.17) is 0 Å². The van der Waals surface area contributed by atoms with Gasteiger partial charge in [0.25, 0.3) is 0 Å². The predicted octanol–water partition coefficient (Wildman–Crippen LogP) is 1.02. The van der Waals surface area contributed by atoms with Crippen molar-refractivity contribution in [1.29, 1.82) is 0 Å². The van der Waals surface area contributed by atoms with Crippen molar-refractivity contribution in [2.75, 3.05) is 5.75 Å². The Kier molecular flexibility index (Phi) is 4.76. The summed E-state index contributed by atoms with van der Waals surface area (Å²) < 4.78 is 10.8. The number of carbonyl (C=O) groups is 1. The summed E-state index contributed by atoms with van der Waals surface area (Å²) in [5.74, 6) is 0.243. The van der Waals surface area contributed by atoms with Crippen molar-refractivity contribution in [1.82, 2.24) is 0 Å². The Bertz CT molecular complexity index is 152. The van der Waals surface area contributed by atoms with Gasteiger partial charge in [-0.2, -0.15) is 0 Å². The molecule has 0 aliphatic heterocycles. The van der Waals surface area contributed by atoms with Crippen molar-refractivity contribution in [3.63, 3.8) is 0 Å². The van der Waals surface area contributed by atoms with Gasteiger partial charge in [-0.1, -0.05) is 12.2 Å². The number of hydrogen-bond donors (Lipinski definition) is 0. The van der Waals surface area contributed by atoms with Crippen LogP contribution in [0.25, 0.3) is 0 Å². The van der Waals surface area contributed by atoms with Gasteiger partial charge in [-0.15, -0.1) is 13.2 Å². The Labute approximate surface area is 63.1 Å². The minimum Gasteiger partial charge on any atom is -0.284 e. The molecular formula is C7H10O2S. The topological polar surface area (TPSA) is 34.1 Å². The minimum absolute atomic E-state index is 0.181. The van der Waals surface area contributed by atoms with Crippen LogP contribution in [0.2, 0.25) is 0 Å². The molecule has 0 radical (unpaired) electrons. The summed E-state index contributed by atoms with van der Waals surface area (Å²) in [6.07, 6.45) is 3.10. The quantitative estimate of drug-likeness (QED) is 0.572. The molecule has 0 bridgehead atoms. The molecule has 0 spiro atoms. The van der Waals surface area contributed by atoms with E-state index < -0.39 is 10.8 Å². The number of carbonyl (C=O) groups excluding carboxylic acids is 1. The van der Waals surface area contributed by atoms with Crippen LogP contribution < -0.4 is 0 Å². The first-order chi connectivity index (χ1) is 4.72. The van der Waals surface area contributed by atoms with Gasteiger partial charge in [-0.05, 0) is 0 Å². The molecule has 0 aromatic heterocycles. The van der Waals surface area contributed by atoms with Gasteiger partial charge in [0.1, 0.15) is 0 Å². The Balaban J connectivity index is 3.81. The van der Waals surface area contributed by atoms with E-state index in [-0.39, 0.29) is 17.3 Å². The molecule has 0 heterocycles. The number of rotatable bonds is 4. The van der Waals surface area contributed by atoms with Crippen LogP contribution in [0.15, 0.2) is 25.3 Å². The van der Waals surface area contributed by atoms with E-state index in [0.717, 1.165) is 0 Å². The summed E-state index contributed by atoms with van der Waals surface area (Å²) >= 11 is 0. The van der Waals surface area contributed by atoms with Crippen LogP contribution in [0.3, 0.4) is 0 Å².